The number of aliphatic hydroxyl groups is 2. The maximum absolute atomic E-state index is 14.1. The van der Waals surface area contributed by atoms with E-state index in [9.17, 15) is 19.8 Å². The molecule has 10 atom stereocenters. The van der Waals surface area contributed by atoms with Crippen LogP contribution >= 0.6 is 0 Å². The van der Waals surface area contributed by atoms with Gasteiger partial charge in [-0.05, 0) is 55.6 Å². The minimum atomic E-state index is -1.83. The highest BCUT2D eigenvalue weighted by Crippen LogP contribution is 2.47. The molecule has 0 aromatic rings. The molecular formula is C35H50O9. The summed E-state index contributed by atoms with van der Waals surface area (Å²) in [5, 5.41) is 23.5. The molecule has 1 aliphatic carbocycles. The van der Waals surface area contributed by atoms with Crippen molar-refractivity contribution in [3.63, 3.8) is 0 Å². The van der Waals surface area contributed by atoms with Crippen molar-refractivity contribution in [3.8, 4) is 0 Å². The van der Waals surface area contributed by atoms with Crippen molar-refractivity contribution < 1.29 is 43.5 Å². The largest absolute Gasteiger partial charge is 0.462 e. The fraction of sp³-hybridized carbons (Fsp3) is 0.714. The molecule has 4 heterocycles. The van der Waals surface area contributed by atoms with Crippen LogP contribution in [0.25, 0.3) is 0 Å². The molecule has 0 saturated carbocycles. The van der Waals surface area contributed by atoms with Gasteiger partial charge in [0.25, 0.3) is 0 Å². The average Bonchev–Trinajstić information content (AvgIpc) is 3.33. The van der Waals surface area contributed by atoms with E-state index in [1.54, 1.807) is 13.0 Å². The number of esters is 2. The minimum absolute atomic E-state index is 0.0441. The van der Waals surface area contributed by atoms with Gasteiger partial charge in [-0.25, -0.2) is 0 Å². The van der Waals surface area contributed by atoms with E-state index >= 15 is 0 Å². The van der Waals surface area contributed by atoms with Crippen LogP contribution in [0.15, 0.2) is 47.1 Å². The number of carbonyl (C=O) groups excluding carboxylic acids is 2. The van der Waals surface area contributed by atoms with Crippen LogP contribution in [-0.4, -0.2) is 77.3 Å². The van der Waals surface area contributed by atoms with E-state index in [1.165, 1.54) is 11.6 Å². The lowest BCUT2D eigenvalue weighted by atomic mass is 9.70. The quantitative estimate of drug-likeness (QED) is 0.338. The van der Waals surface area contributed by atoms with Crippen molar-refractivity contribution in [1.29, 1.82) is 0 Å². The molecule has 1 spiro atoms. The van der Waals surface area contributed by atoms with E-state index in [1.807, 2.05) is 6.08 Å². The van der Waals surface area contributed by atoms with E-state index in [0.717, 1.165) is 25.7 Å². The molecule has 0 aromatic carbocycles. The third-order valence-corrected chi connectivity index (χ3v) is 10.1. The van der Waals surface area contributed by atoms with Crippen LogP contribution in [0.3, 0.4) is 0 Å². The first-order valence-electron chi connectivity index (χ1n) is 16.5. The van der Waals surface area contributed by atoms with Crippen LogP contribution in [-0.2, 0) is 33.3 Å². The maximum Gasteiger partial charge on any atom is 0.316 e. The van der Waals surface area contributed by atoms with Gasteiger partial charge in [-0.15, -0.1) is 0 Å². The molecule has 0 radical (unpaired) electrons. The summed E-state index contributed by atoms with van der Waals surface area (Å²) in [6, 6.07) is 0. The smallest absolute Gasteiger partial charge is 0.316 e. The minimum Gasteiger partial charge on any atom is -0.462 e. The monoisotopic (exact) mass is 614 g/mol. The van der Waals surface area contributed by atoms with Gasteiger partial charge in [0, 0.05) is 25.7 Å². The molecule has 0 amide bonds. The summed E-state index contributed by atoms with van der Waals surface area (Å²) >= 11 is 0. The van der Waals surface area contributed by atoms with Crippen molar-refractivity contribution in [2.75, 3.05) is 13.2 Å². The van der Waals surface area contributed by atoms with Crippen molar-refractivity contribution >= 4 is 11.9 Å². The maximum atomic E-state index is 14.1. The van der Waals surface area contributed by atoms with Crippen LogP contribution in [0.5, 0.6) is 0 Å². The van der Waals surface area contributed by atoms with Crippen LogP contribution in [0.2, 0.25) is 0 Å². The number of aliphatic hydroxyl groups excluding tert-OH is 1. The Morgan fingerprint density at radius 1 is 1.18 bits per heavy atom. The zero-order chi connectivity index (χ0) is 31.6. The van der Waals surface area contributed by atoms with Crippen LogP contribution in [0, 0.1) is 17.8 Å². The van der Waals surface area contributed by atoms with E-state index in [4.69, 9.17) is 23.7 Å². The fourth-order valence-electron chi connectivity index (χ4n) is 7.53. The van der Waals surface area contributed by atoms with Gasteiger partial charge in [0.2, 0.25) is 0 Å². The van der Waals surface area contributed by atoms with Gasteiger partial charge in [0.1, 0.15) is 36.4 Å². The number of fused-ring (bicyclic) bond motifs is 2. The summed E-state index contributed by atoms with van der Waals surface area (Å²) in [6.45, 7) is 10.1. The van der Waals surface area contributed by atoms with E-state index in [0.29, 0.717) is 36.3 Å². The Morgan fingerprint density at radius 2 is 1.98 bits per heavy atom. The topological polar surface area (TPSA) is 121 Å². The molecular weight excluding hydrogens is 564 g/mol. The summed E-state index contributed by atoms with van der Waals surface area (Å²) in [5.41, 5.74) is 0.217. The number of carbonyl (C=O) groups is 2. The Balaban J connectivity index is 1.52. The van der Waals surface area contributed by atoms with Gasteiger partial charge in [-0.1, -0.05) is 63.6 Å². The van der Waals surface area contributed by atoms with Crippen molar-refractivity contribution in [3.05, 3.63) is 47.1 Å². The molecule has 5 rings (SSSR count). The lowest BCUT2D eigenvalue weighted by molar-refractivity contribution is -0.335. The lowest BCUT2D eigenvalue weighted by Crippen LogP contribution is -2.58. The Labute approximate surface area is 261 Å². The molecule has 2 bridgehead atoms. The zero-order valence-corrected chi connectivity index (χ0v) is 26.8. The molecule has 244 valence electrons. The van der Waals surface area contributed by atoms with Crippen LogP contribution in [0.4, 0.5) is 0 Å². The van der Waals surface area contributed by atoms with Crippen LogP contribution < -0.4 is 0 Å². The molecule has 9 heteroatoms. The summed E-state index contributed by atoms with van der Waals surface area (Å²) in [5.74, 6) is -2.41. The van der Waals surface area contributed by atoms with Gasteiger partial charge in [-0.3, -0.25) is 9.59 Å². The van der Waals surface area contributed by atoms with Gasteiger partial charge < -0.3 is 33.9 Å². The second-order valence-corrected chi connectivity index (χ2v) is 13.5. The molecule has 0 aromatic heterocycles. The molecule has 2 N–H and O–H groups in total. The first-order valence-corrected chi connectivity index (χ1v) is 16.5. The van der Waals surface area contributed by atoms with E-state index in [-0.39, 0.29) is 37.8 Å². The normalized spacial score (nSPS) is 41.2. The molecule has 3 saturated heterocycles. The highest BCUT2D eigenvalue weighted by molar-refractivity contribution is 5.79. The van der Waals surface area contributed by atoms with Crippen molar-refractivity contribution in [1.82, 2.24) is 0 Å². The third kappa shape index (κ3) is 6.77. The second-order valence-electron chi connectivity index (χ2n) is 13.5. The Kier molecular flexibility index (Phi) is 10.2. The number of ether oxygens (including phenoxy) is 5. The summed E-state index contributed by atoms with van der Waals surface area (Å²) in [6.07, 6.45) is 11.6. The predicted octanol–water partition coefficient (Wildman–Crippen LogP) is 4.86. The van der Waals surface area contributed by atoms with Gasteiger partial charge in [0.05, 0.1) is 18.8 Å². The highest BCUT2D eigenvalue weighted by Gasteiger charge is 2.60. The summed E-state index contributed by atoms with van der Waals surface area (Å²) in [4.78, 5) is 26.1. The van der Waals surface area contributed by atoms with E-state index < -0.39 is 47.6 Å². The second kappa shape index (κ2) is 13.6. The van der Waals surface area contributed by atoms with Crippen molar-refractivity contribution in [2.45, 2.75) is 128 Å². The van der Waals surface area contributed by atoms with Gasteiger partial charge in [-0.2, -0.15) is 0 Å². The zero-order valence-electron chi connectivity index (χ0n) is 26.8. The first kappa shape index (κ1) is 33.1. The predicted molar refractivity (Wildman–Crippen MR) is 163 cm³/mol. The Bertz CT molecular complexity index is 1200. The molecule has 5 aliphatic rings. The number of rotatable bonds is 4. The first-order chi connectivity index (χ1) is 21.0. The molecule has 3 fully saturated rings. The molecule has 44 heavy (non-hydrogen) atoms. The number of allylic oxidation sites excluding steroid dienone is 4. The Morgan fingerprint density at radius 3 is 2.73 bits per heavy atom. The number of hydrogen-bond acceptors (Lipinski definition) is 9. The van der Waals surface area contributed by atoms with Gasteiger partial charge >= 0.3 is 11.9 Å². The highest BCUT2D eigenvalue weighted by atomic mass is 16.7. The average molecular weight is 615 g/mol. The third-order valence-electron chi connectivity index (χ3n) is 10.1. The summed E-state index contributed by atoms with van der Waals surface area (Å²) < 4.78 is 30.9. The summed E-state index contributed by atoms with van der Waals surface area (Å²) in [7, 11) is 0. The SMILES string of the molecule is CCC(=O)OCC1=CC2C(=O)OC3CC(CC=C(C)CC(C)C=CC=C4COC(C1O)C42O)OC1(CCC(C)C(CC)O1)C3. The standard InChI is InChI=1S/C35H50O9/c1-6-29-23(5)13-14-34(44-29)18-27-17-26(43-34)12-11-22(4)15-21(3)9-8-10-25-20-41-32-31(37)24(19-40-30(36)7-2)16-28(33(38)42-27)35(25,32)39/h8-11,16,21,23,26-29,31-32,37,39H,6-7,12-15,17-20H2,1-5H3. The fourth-order valence-corrected chi connectivity index (χ4v) is 7.53. The van der Waals surface area contributed by atoms with Crippen molar-refractivity contribution in [2.24, 2.45) is 17.8 Å². The van der Waals surface area contributed by atoms with E-state index in [2.05, 4.69) is 39.8 Å². The van der Waals surface area contributed by atoms with Gasteiger partial charge in [0.15, 0.2) is 5.79 Å². The van der Waals surface area contributed by atoms with Crippen LogP contribution in [0.1, 0.15) is 86.0 Å². The molecule has 9 nitrogen and oxygen atoms in total. The lowest BCUT2D eigenvalue weighted by Gasteiger charge is -2.50. The molecule has 4 aliphatic heterocycles. The number of hydrogen-bond donors (Lipinski definition) is 2. The Hall–Kier alpha value is -2.30. The molecule has 10 unspecified atom stereocenters.